The summed E-state index contributed by atoms with van der Waals surface area (Å²) in [6.45, 7) is 4.14. The first-order valence-corrected chi connectivity index (χ1v) is 7.70. The van der Waals surface area contributed by atoms with Crippen LogP contribution in [0.15, 0.2) is 30.3 Å². The van der Waals surface area contributed by atoms with Gasteiger partial charge in [-0.15, -0.1) is 0 Å². The van der Waals surface area contributed by atoms with Gasteiger partial charge in [0.1, 0.15) is 5.82 Å². The summed E-state index contributed by atoms with van der Waals surface area (Å²) in [5, 5.41) is 4.78. The number of anilines is 1. The van der Waals surface area contributed by atoms with Crippen LogP contribution in [0.3, 0.4) is 0 Å². The molecule has 4 nitrogen and oxygen atoms in total. The van der Waals surface area contributed by atoms with Gasteiger partial charge in [-0.25, -0.2) is 4.68 Å². The SMILES string of the molecule is Cc1nn(-c2ccccc2)c(N(C)C2CC2)c1CC(C)N. The Kier molecular flexibility index (Phi) is 3.72. The molecule has 1 atom stereocenters. The molecular formula is C17H24N4. The molecule has 1 aromatic heterocycles. The monoisotopic (exact) mass is 284 g/mol. The fourth-order valence-electron chi connectivity index (χ4n) is 2.85. The van der Waals surface area contributed by atoms with Crippen LogP contribution in [0.25, 0.3) is 5.69 Å². The Bertz CT molecular complexity index is 611. The van der Waals surface area contributed by atoms with Crippen LogP contribution in [0.1, 0.15) is 31.0 Å². The smallest absolute Gasteiger partial charge is 0.135 e. The summed E-state index contributed by atoms with van der Waals surface area (Å²) >= 11 is 0. The summed E-state index contributed by atoms with van der Waals surface area (Å²) in [4.78, 5) is 2.38. The molecule has 0 bridgehead atoms. The Balaban J connectivity index is 2.10. The molecule has 1 aliphatic carbocycles. The first-order chi connectivity index (χ1) is 10.1. The molecule has 0 aliphatic heterocycles. The maximum atomic E-state index is 6.05. The van der Waals surface area contributed by atoms with Gasteiger partial charge in [-0.3, -0.25) is 0 Å². The number of para-hydroxylation sites is 1. The van der Waals surface area contributed by atoms with Crippen molar-refractivity contribution in [1.82, 2.24) is 9.78 Å². The molecule has 1 saturated carbocycles. The highest BCUT2D eigenvalue weighted by Gasteiger charge is 2.31. The second-order valence-corrected chi connectivity index (χ2v) is 6.16. The van der Waals surface area contributed by atoms with Gasteiger partial charge in [0.15, 0.2) is 0 Å². The van der Waals surface area contributed by atoms with Gasteiger partial charge in [0.25, 0.3) is 0 Å². The molecular weight excluding hydrogens is 260 g/mol. The van der Waals surface area contributed by atoms with Gasteiger partial charge in [-0.05, 0) is 45.2 Å². The average Bonchev–Trinajstić information content (AvgIpc) is 3.25. The third kappa shape index (κ3) is 2.81. The van der Waals surface area contributed by atoms with Gasteiger partial charge in [0, 0.05) is 24.7 Å². The molecule has 0 amide bonds. The molecule has 1 unspecified atom stereocenters. The largest absolute Gasteiger partial charge is 0.356 e. The number of aromatic nitrogens is 2. The highest BCUT2D eigenvalue weighted by atomic mass is 15.4. The van der Waals surface area contributed by atoms with Gasteiger partial charge in [0.2, 0.25) is 0 Å². The van der Waals surface area contributed by atoms with Crippen molar-refractivity contribution < 1.29 is 0 Å². The lowest BCUT2D eigenvalue weighted by Gasteiger charge is -2.22. The number of nitrogens with zero attached hydrogens (tertiary/aromatic N) is 3. The summed E-state index contributed by atoms with van der Waals surface area (Å²) < 4.78 is 2.07. The van der Waals surface area contributed by atoms with Gasteiger partial charge in [-0.2, -0.15) is 5.10 Å². The summed E-state index contributed by atoms with van der Waals surface area (Å²) in [7, 11) is 2.18. The second-order valence-electron chi connectivity index (χ2n) is 6.16. The van der Waals surface area contributed by atoms with Gasteiger partial charge in [0.05, 0.1) is 11.4 Å². The Morgan fingerprint density at radius 3 is 2.57 bits per heavy atom. The summed E-state index contributed by atoms with van der Waals surface area (Å²) in [5.74, 6) is 1.21. The number of hydrogen-bond acceptors (Lipinski definition) is 3. The number of hydrogen-bond donors (Lipinski definition) is 1. The highest BCUT2D eigenvalue weighted by molar-refractivity contribution is 5.56. The van der Waals surface area contributed by atoms with Crippen LogP contribution in [-0.4, -0.2) is 28.9 Å². The van der Waals surface area contributed by atoms with Crippen molar-refractivity contribution in [3.63, 3.8) is 0 Å². The zero-order valence-electron chi connectivity index (χ0n) is 13.1. The molecule has 21 heavy (non-hydrogen) atoms. The zero-order chi connectivity index (χ0) is 15.0. The van der Waals surface area contributed by atoms with Crippen LogP contribution in [0.5, 0.6) is 0 Å². The van der Waals surface area contributed by atoms with Crippen LogP contribution in [-0.2, 0) is 6.42 Å². The minimum absolute atomic E-state index is 0.142. The van der Waals surface area contributed by atoms with E-state index < -0.39 is 0 Å². The van der Waals surface area contributed by atoms with Crippen LogP contribution in [0.4, 0.5) is 5.82 Å². The fraction of sp³-hybridized carbons (Fsp3) is 0.471. The maximum absolute atomic E-state index is 6.05. The predicted octanol–water partition coefficient (Wildman–Crippen LogP) is 2.67. The molecule has 1 aliphatic rings. The van der Waals surface area contributed by atoms with Crippen LogP contribution in [0, 0.1) is 6.92 Å². The lowest BCUT2D eigenvalue weighted by molar-refractivity contribution is 0.729. The Labute approximate surface area is 126 Å². The lowest BCUT2D eigenvalue weighted by Crippen LogP contribution is -2.26. The van der Waals surface area contributed by atoms with E-state index in [1.807, 2.05) is 6.07 Å². The minimum Gasteiger partial charge on any atom is -0.356 e. The molecule has 1 aromatic carbocycles. The Morgan fingerprint density at radius 1 is 1.33 bits per heavy atom. The van der Waals surface area contributed by atoms with E-state index in [0.29, 0.717) is 6.04 Å². The van der Waals surface area contributed by atoms with E-state index in [1.54, 1.807) is 0 Å². The number of rotatable bonds is 5. The third-order valence-corrected chi connectivity index (χ3v) is 4.11. The Hall–Kier alpha value is -1.81. The van der Waals surface area contributed by atoms with Crippen molar-refractivity contribution >= 4 is 5.82 Å². The minimum atomic E-state index is 0.142. The summed E-state index contributed by atoms with van der Waals surface area (Å²) in [6, 6.07) is 11.1. The second kappa shape index (κ2) is 5.53. The molecule has 2 N–H and O–H groups in total. The molecule has 1 heterocycles. The van der Waals surface area contributed by atoms with Crippen molar-refractivity contribution in [2.45, 2.75) is 45.2 Å². The summed E-state index contributed by atoms with van der Waals surface area (Å²) in [6.07, 6.45) is 3.41. The van der Waals surface area contributed by atoms with Crippen molar-refractivity contribution in [3.8, 4) is 5.69 Å². The molecule has 4 heteroatoms. The van der Waals surface area contributed by atoms with Crippen LogP contribution < -0.4 is 10.6 Å². The first kappa shape index (κ1) is 14.1. The van der Waals surface area contributed by atoms with Gasteiger partial charge < -0.3 is 10.6 Å². The molecule has 0 spiro atoms. The molecule has 112 valence electrons. The van der Waals surface area contributed by atoms with E-state index >= 15 is 0 Å². The quantitative estimate of drug-likeness (QED) is 0.918. The van der Waals surface area contributed by atoms with E-state index in [4.69, 9.17) is 10.8 Å². The summed E-state index contributed by atoms with van der Waals surface area (Å²) in [5.41, 5.74) is 9.52. The highest BCUT2D eigenvalue weighted by Crippen LogP contribution is 2.35. The number of benzene rings is 1. The predicted molar refractivity (Wildman–Crippen MR) is 87.1 cm³/mol. The first-order valence-electron chi connectivity index (χ1n) is 7.70. The van der Waals surface area contributed by atoms with E-state index in [-0.39, 0.29) is 6.04 Å². The Morgan fingerprint density at radius 2 is 2.00 bits per heavy atom. The van der Waals surface area contributed by atoms with Crippen molar-refractivity contribution in [2.24, 2.45) is 5.73 Å². The molecule has 0 radical (unpaired) electrons. The van der Waals surface area contributed by atoms with Crippen molar-refractivity contribution in [2.75, 3.05) is 11.9 Å². The molecule has 0 saturated heterocycles. The van der Waals surface area contributed by atoms with Crippen LogP contribution >= 0.6 is 0 Å². The average molecular weight is 284 g/mol. The lowest BCUT2D eigenvalue weighted by atomic mass is 10.1. The third-order valence-electron chi connectivity index (χ3n) is 4.11. The van der Waals surface area contributed by atoms with E-state index in [1.165, 1.54) is 24.2 Å². The molecule has 2 aromatic rings. The topological polar surface area (TPSA) is 47.1 Å². The molecule has 1 fully saturated rings. The van der Waals surface area contributed by atoms with E-state index in [9.17, 15) is 0 Å². The van der Waals surface area contributed by atoms with Crippen LogP contribution in [0.2, 0.25) is 0 Å². The standard InChI is InChI=1S/C17H24N4/c1-12(18)11-16-13(2)19-21(15-7-5-4-6-8-15)17(16)20(3)14-9-10-14/h4-8,12,14H,9-11,18H2,1-3H3. The van der Waals surface area contributed by atoms with Crippen molar-refractivity contribution in [1.29, 1.82) is 0 Å². The fourth-order valence-corrected chi connectivity index (χ4v) is 2.85. The molecule has 3 rings (SSSR count). The maximum Gasteiger partial charge on any atom is 0.135 e. The number of aryl methyl sites for hydroxylation is 1. The van der Waals surface area contributed by atoms with Gasteiger partial charge in [-0.1, -0.05) is 18.2 Å². The van der Waals surface area contributed by atoms with E-state index in [0.717, 1.165) is 17.8 Å². The normalized spacial score (nSPS) is 16.0. The number of nitrogens with two attached hydrogens (primary N) is 1. The van der Waals surface area contributed by atoms with Gasteiger partial charge >= 0.3 is 0 Å². The van der Waals surface area contributed by atoms with Crippen molar-refractivity contribution in [3.05, 3.63) is 41.6 Å². The zero-order valence-corrected chi connectivity index (χ0v) is 13.1. The van der Waals surface area contributed by atoms with E-state index in [2.05, 4.69) is 54.7 Å².